The van der Waals surface area contributed by atoms with Gasteiger partial charge in [-0.2, -0.15) is 0 Å². The number of ether oxygens (including phenoxy) is 2. The molecule has 20 heavy (non-hydrogen) atoms. The third-order valence-corrected chi connectivity index (χ3v) is 3.89. The number of rotatable bonds is 5. The topological polar surface area (TPSA) is 35.5 Å². The molecule has 0 spiro atoms. The lowest BCUT2D eigenvalue weighted by Crippen LogP contribution is -2.32. The minimum atomic E-state index is -0.324. The lowest BCUT2D eigenvalue weighted by Gasteiger charge is -2.31. The Labute approximate surface area is 120 Å². The van der Waals surface area contributed by atoms with Crippen molar-refractivity contribution in [1.82, 2.24) is 0 Å². The summed E-state index contributed by atoms with van der Waals surface area (Å²) < 4.78 is 10.6. The molecule has 1 aromatic rings. The van der Waals surface area contributed by atoms with E-state index in [1.165, 1.54) is 0 Å². The fourth-order valence-electron chi connectivity index (χ4n) is 2.58. The van der Waals surface area contributed by atoms with Gasteiger partial charge in [0.15, 0.2) is 5.78 Å². The first-order valence-electron chi connectivity index (χ1n) is 7.08. The van der Waals surface area contributed by atoms with Crippen molar-refractivity contribution in [3.05, 3.63) is 41.7 Å². The highest BCUT2D eigenvalue weighted by Crippen LogP contribution is 2.36. The van der Waals surface area contributed by atoms with E-state index >= 15 is 0 Å². The van der Waals surface area contributed by atoms with Gasteiger partial charge >= 0.3 is 0 Å². The summed E-state index contributed by atoms with van der Waals surface area (Å²) in [6.45, 7) is 4.60. The summed E-state index contributed by atoms with van der Waals surface area (Å²) in [6.07, 6.45) is 4.11. The van der Waals surface area contributed by atoms with Gasteiger partial charge in [-0.15, -0.1) is 0 Å². The first-order chi connectivity index (χ1) is 9.57. The summed E-state index contributed by atoms with van der Waals surface area (Å²) in [5.41, 5.74) is 0.838. The molecule has 1 aromatic carbocycles. The molecule has 0 saturated heterocycles. The highest BCUT2D eigenvalue weighted by Gasteiger charge is 2.35. The predicted molar refractivity (Wildman–Crippen MR) is 78.8 cm³/mol. The summed E-state index contributed by atoms with van der Waals surface area (Å²) in [5, 5.41) is 0. The maximum Gasteiger partial charge on any atom is 0.165 e. The van der Waals surface area contributed by atoms with Crippen LogP contribution in [-0.4, -0.2) is 19.5 Å². The highest BCUT2D eigenvalue weighted by molar-refractivity contribution is 5.96. The lowest BCUT2D eigenvalue weighted by atomic mass is 9.73. The maximum absolute atomic E-state index is 12.3. The molecule has 1 unspecified atom stereocenters. The lowest BCUT2D eigenvalue weighted by molar-refractivity contribution is -0.124. The summed E-state index contributed by atoms with van der Waals surface area (Å²) in [4.78, 5) is 12.3. The molecule has 0 fully saturated rings. The highest BCUT2D eigenvalue weighted by atomic mass is 16.5. The van der Waals surface area contributed by atoms with Crippen LogP contribution in [-0.2, 0) is 16.0 Å². The number of hydrogen-bond donors (Lipinski definition) is 0. The predicted octanol–water partition coefficient (Wildman–Crippen LogP) is 3.53. The Morgan fingerprint density at radius 1 is 1.25 bits per heavy atom. The summed E-state index contributed by atoms with van der Waals surface area (Å²) >= 11 is 0. The maximum atomic E-state index is 12.3. The average molecular weight is 274 g/mol. The second kappa shape index (κ2) is 6.12. The standard InChI is InChI=1S/C17H22O3/c1-4-20-15-9-10-17(2,16(18)11-15)12-13-5-7-14(19-3)8-6-13/h5-8,11H,4,9-10,12H2,1-3H3. The quantitative estimate of drug-likeness (QED) is 0.824. The van der Waals surface area contributed by atoms with Crippen molar-refractivity contribution in [3.8, 4) is 5.75 Å². The number of benzene rings is 1. The molecule has 1 aliphatic carbocycles. The normalized spacial score (nSPS) is 22.4. The van der Waals surface area contributed by atoms with E-state index in [1.54, 1.807) is 13.2 Å². The van der Waals surface area contributed by atoms with E-state index in [9.17, 15) is 4.79 Å². The fourth-order valence-corrected chi connectivity index (χ4v) is 2.58. The zero-order chi connectivity index (χ0) is 14.6. The van der Waals surface area contributed by atoms with Crippen molar-refractivity contribution in [1.29, 1.82) is 0 Å². The van der Waals surface area contributed by atoms with Crippen LogP contribution in [0.1, 0.15) is 32.3 Å². The molecule has 3 heteroatoms. The van der Waals surface area contributed by atoms with Crippen molar-refractivity contribution >= 4 is 5.78 Å². The first kappa shape index (κ1) is 14.6. The molecule has 2 rings (SSSR count). The molecule has 0 amide bonds. The summed E-state index contributed by atoms with van der Waals surface area (Å²) in [7, 11) is 1.65. The van der Waals surface area contributed by atoms with Gasteiger partial charge in [-0.25, -0.2) is 0 Å². The molecule has 1 aliphatic rings. The van der Waals surface area contributed by atoms with Crippen LogP contribution < -0.4 is 4.74 Å². The number of allylic oxidation sites excluding steroid dienone is 2. The molecule has 0 heterocycles. The number of methoxy groups -OCH3 is 1. The molecule has 0 radical (unpaired) electrons. The SMILES string of the molecule is CCOC1=CC(=O)C(C)(Cc2ccc(OC)cc2)CC1. The van der Waals surface area contributed by atoms with Gasteiger partial charge in [0.2, 0.25) is 0 Å². The van der Waals surface area contributed by atoms with E-state index in [0.29, 0.717) is 6.61 Å². The molecular formula is C17H22O3. The van der Waals surface area contributed by atoms with E-state index in [0.717, 1.165) is 36.3 Å². The van der Waals surface area contributed by atoms with Gasteiger partial charge in [-0.3, -0.25) is 4.79 Å². The molecule has 1 atom stereocenters. The second-order valence-corrected chi connectivity index (χ2v) is 5.49. The monoisotopic (exact) mass is 274 g/mol. The van der Waals surface area contributed by atoms with Gasteiger partial charge in [-0.05, 0) is 37.5 Å². The van der Waals surface area contributed by atoms with Crippen molar-refractivity contribution < 1.29 is 14.3 Å². The zero-order valence-corrected chi connectivity index (χ0v) is 12.4. The number of hydrogen-bond acceptors (Lipinski definition) is 3. The van der Waals surface area contributed by atoms with Gasteiger partial charge in [0, 0.05) is 17.9 Å². The van der Waals surface area contributed by atoms with Crippen molar-refractivity contribution in [2.24, 2.45) is 5.41 Å². The first-order valence-corrected chi connectivity index (χ1v) is 7.08. The van der Waals surface area contributed by atoms with Crippen LogP contribution in [0, 0.1) is 5.41 Å². The van der Waals surface area contributed by atoms with Crippen LogP contribution in [0.5, 0.6) is 5.75 Å². The minimum Gasteiger partial charge on any atom is -0.498 e. The van der Waals surface area contributed by atoms with E-state index in [1.807, 2.05) is 38.1 Å². The Morgan fingerprint density at radius 3 is 2.50 bits per heavy atom. The third-order valence-electron chi connectivity index (χ3n) is 3.89. The number of carbonyl (C=O) groups is 1. The molecule has 0 aliphatic heterocycles. The molecule has 0 saturated carbocycles. The van der Waals surface area contributed by atoms with Crippen molar-refractivity contribution in [2.75, 3.05) is 13.7 Å². The minimum absolute atomic E-state index is 0.169. The summed E-state index contributed by atoms with van der Waals surface area (Å²) in [5.74, 6) is 1.83. The van der Waals surface area contributed by atoms with Crippen LogP contribution >= 0.6 is 0 Å². The average Bonchev–Trinajstić information content (AvgIpc) is 2.44. The molecule has 3 nitrogen and oxygen atoms in total. The number of ketones is 1. The van der Waals surface area contributed by atoms with Gasteiger partial charge in [-0.1, -0.05) is 19.1 Å². The van der Waals surface area contributed by atoms with Crippen molar-refractivity contribution in [3.63, 3.8) is 0 Å². The Kier molecular flexibility index (Phi) is 4.48. The Hall–Kier alpha value is -1.77. The fraction of sp³-hybridized carbons (Fsp3) is 0.471. The van der Waals surface area contributed by atoms with E-state index in [4.69, 9.17) is 9.47 Å². The molecule has 0 aromatic heterocycles. The van der Waals surface area contributed by atoms with Gasteiger partial charge in [0.1, 0.15) is 5.75 Å². The Balaban J connectivity index is 2.09. The Bertz CT molecular complexity index is 501. The van der Waals surface area contributed by atoms with Crippen LogP contribution in [0.4, 0.5) is 0 Å². The van der Waals surface area contributed by atoms with Crippen LogP contribution in [0.25, 0.3) is 0 Å². The second-order valence-electron chi connectivity index (χ2n) is 5.49. The van der Waals surface area contributed by atoms with Crippen LogP contribution in [0.2, 0.25) is 0 Å². The van der Waals surface area contributed by atoms with Crippen molar-refractivity contribution in [2.45, 2.75) is 33.1 Å². The third kappa shape index (κ3) is 3.21. The van der Waals surface area contributed by atoms with E-state index < -0.39 is 0 Å². The number of carbonyl (C=O) groups excluding carboxylic acids is 1. The zero-order valence-electron chi connectivity index (χ0n) is 12.4. The van der Waals surface area contributed by atoms with Gasteiger partial charge in [0.25, 0.3) is 0 Å². The Morgan fingerprint density at radius 2 is 1.95 bits per heavy atom. The molecule has 0 bridgehead atoms. The van der Waals surface area contributed by atoms with Gasteiger partial charge in [0.05, 0.1) is 19.5 Å². The smallest absolute Gasteiger partial charge is 0.165 e. The van der Waals surface area contributed by atoms with Gasteiger partial charge < -0.3 is 9.47 Å². The molecule has 108 valence electrons. The molecule has 0 N–H and O–H groups in total. The largest absolute Gasteiger partial charge is 0.498 e. The van der Waals surface area contributed by atoms with Crippen LogP contribution in [0.3, 0.4) is 0 Å². The van der Waals surface area contributed by atoms with E-state index in [-0.39, 0.29) is 11.2 Å². The van der Waals surface area contributed by atoms with E-state index in [2.05, 4.69) is 0 Å². The summed E-state index contributed by atoms with van der Waals surface area (Å²) in [6, 6.07) is 7.93. The molecular weight excluding hydrogens is 252 g/mol. The van der Waals surface area contributed by atoms with Crippen LogP contribution in [0.15, 0.2) is 36.1 Å².